The third-order valence-corrected chi connectivity index (χ3v) is 7.51. The SMILES string of the molecule is Cc1cccc(CN2CCN(C(=O)COC(=O)c3cc4sc(N(C)C)nc4s3)CC2)c1. The molecule has 9 heteroatoms. The lowest BCUT2D eigenvalue weighted by atomic mass is 10.1. The van der Waals surface area contributed by atoms with Gasteiger partial charge >= 0.3 is 5.97 Å². The first-order valence-corrected chi connectivity index (χ1v) is 11.8. The van der Waals surface area contributed by atoms with Gasteiger partial charge in [-0.25, -0.2) is 9.78 Å². The number of carbonyl (C=O) groups excluding carboxylic acids is 2. The number of thiophene rings is 1. The fraction of sp³-hybridized carbons (Fsp3) is 0.409. The average molecular weight is 459 g/mol. The van der Waals surface area contributed by atoms with Gasteiger partial charge in [-0.3, -0.25) is 9.69 Å². The Morgan fingerprint density at radius 1 is 1.13 bits per heavy atom. The van der Waals surface area contributed by atoms with Gasteiger partial charge in [-0.05, 0) is 18.6 Å². The molecule has 0 bridgehead atoms. The van der Waals surface area contributed by atoms with Gasteiger partial charge in [0.25, 0.3) is 5.91 Å². The minimum atomic E-state index is -0.465. The number of amides is 1. The Hall–Kier alpha value is -2.49. The van der Waals surface area contributed by atoms with Crippen LogP contribution >= 0.6 is 22.7 Å². The molecule has 0 spiro atoms. The number of aromatic nitrogens is 1. The molecule has 4 rings (SSSR count). The second kappa shape index (κ2) is 9.33. The highest BCUT2D eigenvalue weighted by atomic mass is 32.1. The smallest absolute Gasteiger partial charge is 0.348 e. The summed E-state index contributed by atoms with van der Waals surface area (Å²) in [6.45, 7) is 5.68. The van der Waals surface area contributed by atoms with Crippen LogP contribution in [0.3, 0.4) is 0 Å². The predicted molar refractivity (Wildman–Crippen MR) is 125 cm³/mol. The van der Waals surface area contributed by atoms with Crippen molar-refractivity contribution in [1.29, 1.82) is 0 Å². The Morgan fingerprint density at radius 3 is 2.58 bits per heavy atom. The van der Waals surface area contributed by atoms with Crippen LogP contribution in [0, 0.1) is 6.92 Å². The quantitative estimate of drug-likeness (QED) is 0.529. The van der Waals surface area contributed by atoms with E-state index >= 15 is 0 Å². The number of benzene rings is 1. The number of rotatable bonds is 6. The van der Waals surface area contributed by atoms with Crippen LogP contribution in [0.4, 0.5) is 5.13 Å². The van der Waals surface area contributed by atoms with Crippen LogP contribution in [0.2, 0.25) is 0 Å². The molecule has 31 heavy (non-hydrogen) atoms. The molecular weight excluding hydrogens is 432 g/mol. The van der Waals surface area contributed by atoms with Crippen molar-refractivity contribution >= 4 is 49.2 Å². The summed E-state index contributed by atoms with van der Waals surface area (Å²) >= 11 is 2.83. The maximum atomic E-state index is 12.5. The number of hydrogen-bond acceptors (Lipinski definition) is 8. The van der Waals surface area contributed by atoms with E-state index in [9.17, 15) is 9.59 Å². The van der Waals surface area contributed by atoms with Crippen LogP contribution in [0.25, 0.3) is 9.53 Å². The predicted octanol–water partition coefficient (Wildman–Crippen LogP) is 3.23. The summed E-state index contributed by atoms with van der Waals surface area (Å²) in [5, 5.41) is 0.901. The van der Waals surface area contributed by atoms with Gasteiger partial charge < -0.3 is 14.5 Å². The van der Waals surface area contributed by atoms with Crippen molar-refractivity contribution in [2.24, 2.45) is 0 Å². The zero-order valence-corrected chi connectivity index (χ0v) is 19.6. The van der Waals surface area contributed by atoms with Gasteiger partial charge in [-0.1, -0.05) is 41.2 Å². The first kappa shape index (κ1) is 21.7. The van der Waals surface area contributed by atoms with E-state index in [0.717, 1.165) is 34.3 Å². The number of hydrogen-bond donors (Lipinski definition) is 0. The minimum Gasteiger partial charge on any atom is -0.451 e. The summed E-state index contributed by atoms with van der Waals surface area (Å²) in [4.78, 5) is 36.7. The van der Waals surface area contributed by atoms with Gasteiger partial charge in [0.2, 0.25) is 0 Å². The highest BCUT2D eigenvalue weighted by Gasteiger charge is 2.23. The van der Waals surface area contributed by atoms with E-state index in [0.29, 0.717) is 18.0 Å². The molecule has 0 N–H and O–H groups in total. The topological polar surface area (TPSA) is 66.0 Å². The maximum absolute atomic E-state index is 12.5. The zero-order valence-electron chi connectivity index (χ0n) is 18.0. The van der Waals surface area contributed by atoms with Gasteiger partial charge in [0.1, 0.15) is 9.71 Å². The van der Waals surface area contributed by atoms with Crippen molar-refractivity contribution in [1.82, 2.24) is 14.8 Å². The number of aryl methyl sites for hydroxylation is 1. The molecule has 2 aromatic heterocycles. The van der Waals surface area contributed by atoms with Crippen molar-refractivity contribution in [3.63, 3.8) is 0 Å². The Balaban J connectivity index is 1.24. The Kier molecular flexibility index (Phi) is 6.54. The molecule has 0 unspecified atom stereocenters. The average Bonchev–Trinajstić information content (AvgIpc) is 3.32. The van der Waals surface area contributed by atoms with Gasteiger partial charge in [0, 0.05) is 46.8 Å². The van der Waals surface area contributed by atoms with Gasteiger partial charge in [0.15, 0.2) is 11.7 Å². The van der Waals surface area contributed by atoms with Crippen LogP contribution in [0.15, 0.2) is 30.3 Å². The molecule has 0 saturated carbocycles. The van der Waals surface area contributed by atoms with Crippen LogP contribution in [0.1, 0.15) is 20.8 Å². The van der Waals surface area contributed by atoms with Gasteiger partial charge in [0.05, 0.1) is 4.70 Å². The molecule has 164 valence electrons. The lowest BCUT2D eigenvalue weighted by Crippen LogP contribution is -2.49. The number of piperazine rings is 1. The van der Waals surface area contributed by atoms with Crippen molar-refractivity contribution in [3.05, 3.63) is 46.3 Å². The number of ether oxygens (including phenoxy) is 1. The molecule has 1 fully saturated rings. The molecule has 7 nitrogen and oxygen atoms in total. The summed E-state index contributed by atoms with van der Waals surface area (Å²) < 4.78 is 6.24. The van der Waals surface area contributed by atoms with Crippen LogP contribution < -0.4 is 4.90 Å². The third-order valence-electron chi connectivity index (χ3n) is 5.20. The standard InChI is InChI=1S/C22H26N4O3S2/c1-15-5-4-6-16(11-15)13-25-7-9-26(10-8-25)19(27)14-29-21(28)18-12-17-20(30-18)23-22(31-17)24(2)3/h4-6,11-12H,7-10,13-14H2,1-3H3. The lowest BCUT2D eigenvalue weighted by Gasteiger charge is -2.34. The summed E-state index contributed by atoms with van der Waals surface area (Å²) in [6.07, 6.45) is 0. The molecule has 1 amide bonds. The Morgan fingerprint density at radius 2 is 1.90 bits per heavy atom. The second-order valence-corrected chi connectivity index (χ2v) is 9.93. The first-order valence-electron chi connectivity index (χ1n) is 10.2. The summed E-state index contributed by atoms with van der Waals surface area (Å²) in [5.74, 6) is -0.608. The minimum absolute atomic E-state index is 0.144. The van der Waals surface area contributed by atoms with Gasteiger partial charge in [-0.15, -0.1) is 11.3 Å². The second-order valence-electron chi connectivity index (χ2n) is 7.89. The summed E-state index contributed by atoms with van der Waals surface area (Å²) in [7, 11) is 3.87. The summed E-state index contributed by atoms with van der Waals surface area (Å²) in [5.41, 5.74) is 2.55. The molecule has 1 aliphatic heterocycles. The highest BCUT2D eigenvalue weighted by molar-refractivity contribution is 7.29. The Labute approximate surface area is 189 Å². The monoisotopic (exact) mass is 458 g/mol. The van der Waals surface area contributed by atoms with Crippen molar-refractivity contribution in [2.45, 2.75) is 13.5 Å². The van der Waals surface area contributed by atoms with E-state index in [2.05, 4.69) is 41.1 Å². The largest absolute Gasteiger partial charge is 0.451 e. The molecule has 0 radical (unpaired) electrons. The molecule has 1 saturated heterocycles. The van der Waals surface area contributed by atoms with E-state index in [1.54, 1.807) is 11.0 Å². The third kappa shape index (κ3) is 5.23. The van der Waals surface area contributed by atoms with Crippen LogP contribution in [0.5, 0.6) is 0 Å². The number of carbonyl (C=O) groups is 2. The molecule has 1 aliphatic rings. The zero-order chi connectivity index (χ0) is 22.0. The van der Waals surface area contributed by atoms with E-state index in [-0.39, 0.29) is 12.5 Å². The fourth-order valence-corrected chi connectivity index (χ4v) is 5.56. The van der Waals surface area contributed by atoms with E-state index in [1.165, 1.54) is 33.8 Å². The fourth-order valence-electron chi connectivity index (χ4n) is 3.53. The normalized spacial score (nSPS) is 14.7. The molecular formula is C22H26N4O3S2. The maximum Gasteiger partial charge on any atom is 0.348 e. The lowest BCUT2D eigenvalue weighted by molar-refractivity contribution is -0.136. The number of nitrogens with zero attached hydrogens (tertiary/aromatic N) is 4. The highest BCUT2D eigenvalue weighted by Crippen LogP contribution is 2.34. The molecule has 1 aromatic carbocycles. The van der Waals surface area contributed by atoms with Crippen molar-refractivity contribution < 1.29 is 14.3 Å². The summed E-state index contributed by atoms with van der Waals surface area (Å²) in [6, 6.07) is 10.3. The number of thiazole rings is 1. The number of anilines is 1. The number of esters is 1. The van der Waals surface area contributed by atoms with Crippen LogP contribution in [-0.2, 0) is 16.1 Å². The van der Waals surface area contributed by atoms with Crippen molar-refractivity contribution in [2.75, 3.05) is 51.8 Å². The van der Waals surface area contributed by atoms with E-state index in [4.69, 9.17) is 4.74 Å². The van der Waals surface area contributed by atoms with E-state index in [1.807, 2.05) is 19.0 Å². The van der Waals surface area contributed by atoms with Crippen molar-refractivity contribution in [3.8, 4) is 0 Å². The Bertz CT molecular complexity index is 1050. The molecule has 0 atom stereocenters. The van der Waals surface area contributed by atoms with Gasteiger partial charge in [-0.2, -0.15) is 0 Å². The van der Waals surface area contributed by atoms with E-state index < -0.39 is 5.97 Å². The van der Waals surface area contributed by atoms with Crippen LogP contribution in [-0.4, -0.2) is 73.5 Å². The first-order chi connectivity index (χ1) is 14.9. The number of fused-ring (bicyclic) bond motifs is 1. The molecule has 3 heterocycles. The molecule has 3 aromatic rings. The molecule has 0 aliphatic carbocycles.